The molecule has 1 aliphatic rings. The summed E-state index contributed by atoms with van der Waals surface area (Å²) in [6, 6.07) is 18.1. The lowest BCUT2D eigenvalue weighted by molar-refractivity contribution is -0.135. The molecule has 2 heterocycles. The van der Waals surface area contributed by atoms with E-state index in [9.17, 15) is 4.79 Å². The summed E-state index contributed by atoms with van der Waals surface area (Å²) >= 11 is 0. The number of carbonyl (C=O) groups excluding carboxylic acids is 1. The van der Waals surface area contributed by atoms with Gasteiger partial charge in [0, 0.05) is 39.1 Å². The third-order valence-corrected chi connectivity index (χ3v) is 5.80. The molecule has 0 spiro atoms. The molecule has 0 N–H and O–H groups in total. The van der Waals surface area contributed by atoms with E-state index in [1.54, 1.807) is 4.68 Å². The van der Waals surface area contributed by atoms with E-state index >= 15 is 0 Å². The summed E-state index contributed by atoms with van der Waals surface area (Å²) in [7, 11) is 0. The summed E-state index contributed by atoms with van der Waals surface area (Å²) in [4.78, 5) is 17.9. The van der Waals surface area contributed by atoms with Crippen LogP contribution in [-0.4, -0.2) is 62.1 Å². The van der Waals surface area contributed by atoms with Crippen LogP contribution < -0.4 is 0 Å². The standard InChI is InChI=1S/C23H28N6O/c1-19-8-5-6-11-21(19)17-27-12-7-13-28(15-14-27)23(30)22(29-18-24-25-26-29)16-20-9-3-2-4-10-20/h2-6,8-11,18,22H,7,12-17H2,1H3/t22-/m1/s1. The fraction of sp³-hybridized carbons (Fsp3) is 0.391. The van der Waals surface area contributed by atoms with Gasteiger partial charge in [-0.3, -0.25) is 9.69 Å². The Labute approximate surface area is 177 Å². The SMILES string of the molecule is Cc1ccccc1CN1CCCN(C(=O)[C@@H](Cc2ccccc2)n2cnnn2)CC1. The smallest absolute Gasteiger partial charge is 0.247 e. The number of carbonyl (C=O) groups is 1. The first-order valence-electron chi connectivity index (χ1n) is 10.5. The van der Waals surface area contributed by atoms with E-state index in [1.807, 2.05) is 35.2 Å². The van der Waals surface area contributed by atoms with Crippen molar-refractivity contribution in [3.63, 3.8) is 0 Å². The zero-order chi connectivity index (χ0) is 20.8. The topological polar surface area (TPSA) is 67.2 Å². The zero-order valence-electron chi connectivity index (χ0n) is 17.4. The summed E-state index contributed by atoms with van der Waals surface area (Å²) in [6.07, 6.45) is 3.08. The quantitative estimate of drug-likeness (QED) is 0.632. The lowest BCUT2D eigenvalue weighted by Crippen LogP contribution is -2.40. The summed E-state index contributed by atoms with van der Waals surface area (Å²) in [6.45, 7) is 6.42. The minimum absolute atomic E-state index is 0.0869. The molecule has 3 aromatic rings. The Morgan fingerprint density at radius 3 is 2.57 bits per heavy atom. The number of amides is 1. The molecule has 7 nitrogen and oxygen atoms in total. The van der Waals surface area contributed by atoms with E-state index < -0.39 is 6.04 Å². The summed E-state index contributed by atoms with van der Waals surface area (Å²) in [5, 5.41) is 11.5. The van der Waals surface area contributed by atoms with Crippen molar-refractivity contribution in [1.82, 2.24) is 30.0 Å². The van der Waals surface area contributed by atoms with Crippen LogP contribution in [0.3, 0.4) is 0 Å². The minimum Gasteiger partial charge on any atom is -0.339 e. The number of rotatable bonds is 6. The van der Waals surface area contributed by atoms with Crippen molar-refractivity contribution < 1.29 is 4.79 Å². The normalized spacial score (nSPS) is 16.2. The van der Waals surface area contributed by atoms with Gasteiger partial charge in [-0.25, -0.2) is 4.68 Å². The molecule has 0 radical (unpaired) electrons. The van der Waals surface area contributed by atoms with Crippen molar-refractivity contribution in [3.05, 3.63) is 77.6 Å². The van der Waals surface area contributed by atoms with Crippen molar-refractivity contribution in [2.75, 3.05) is 26.2 Å². The zero-order valence-corrected chi connectivity index (χ0v) is 17.4. The molecule has 0 unspecified atom stereocenters. The van der Waals surface area contributed by atoms with Gasteiger partial charge in [0.25, 0.3) is 0 Å². The fourth-order valence-electron chi connectivity index (χ4n) is 4.03. The Kier molecular flexibility index (Phi) is 6.49. The predicted molar refractivity (Wildman–Crippen MR) is 115 cm³/mol. The molecule has 1 fully saturated rings. The van der Waals surface area contributed by atoms with Crippen LogP contribution in [-0.2, 0) is 17.8 Å². The number of hydrogen-bond donors (Lipinski definition) is 0. The second-order valence-electron chi connectivity index (χ2n) is 7.88. The van der Waals surface area contributed by atoms with Crippen LogP contribution in [0.4, 0.5) is 0 Å². The van der Waals surface area contributed by atoms with Crippen LogP contribution in [0.15, 0.2) is 60.9 Å². The molecule has 2 aromatic carbocycles. The maximum Gasteiger partial charge on any atom is 0.247 e. The highest BCUT2D eigenvalue weighted by atomic mass is 16.2. The number of aromatic nitrogens is 4. The molecular formula is C23H28N6O. The molecule has 1 aliphatic heterocycles. The van der Waals surface area contributed by atoms with Gasteiger partial charge in [0.1, 0.15) is 12.4 Å². The van der Waals surface area contributed by atoms with Gasteiger partial charge in [-0.1, -0.05) is 54.6 Å². The molecule has 1 saturated heterocycles. The van der Waals surface area contributed by atoms with Crippen LogP contribution in [0.5, 0.6) is 0 Å². The first-order chi connectivity index (χ1) is 14.7. The fourth-order valence-corrected chi connectivity index (χ4v) is 4.03. The van der Waals surface area contributed by atoms with Gasteiger partial charge in [0.05, 0.1) is 0 Å². The van der Waals surface area contributed by atoms with Crippen molar-refractivity contribution >= 4 is 5.91 Å². The molecule has 4 rings (SSSR count). The van der Waals surface area contributed by atoms with E-state index in [4.69, 9.17) is 0 Å². The number of tetrazole rings is 1. The highest BCUT2D eigenvalue weighted by Gasteiger charge is 2.28. The number of nitrogens with zero attached hydrogens (tertiary/aromatic N) is 6. The third-order valence-electron chi connectivity index (χ3n) is 5.80. The molecule has 0 saturated carbocycles. The van der Waals surface area contributed by atoms with Crippen LogP contribution in [0, 0.1) is 6.92 Å². The summed E-state index contributed by atoms with van der Waals surface area (Å²) in [5.74, 6) is 0.0869. The minimum atomic E-state index is -0.426. The Morgan fingerprint density at radius 2 is 1.80 bits per heavy atom. The Morgan fingerprint density at radius 1 is 1.00 bits per heavy atom. The Hall–Kier alpha value is -3.06. The lowest BCUT2D eigenvalue weighted by atomic mass is 10.0. The predicted octanol–water partition coefficient (Wildman–Crippen LogP) is 2.50. The van der Waals surface area contributed by atoms with Gasteiger partial charge >= 0.3 is 0 Å². The molecule has 1 aromatic heterocycles. The first-order valence-corrected chi connectivity index (χ1v) is 10.5. The average molecular weight is 405 g/mol. The van der Waals surface area contributed by atoms with Crippen LogP contribution in [0.25, 0.3) is 0 Å². The third kappa shape index (κ3) is 4.91. The summed E-state index contributed by atoms with van der Waals surface area (Å²) < 4.78 is 1.59. The Bertz CT molecular complexity index is 943. The van der Waals surface area contributed by atoms with Crippen molar-refractivity contribution in [2.24, 2.45) is 0 Å². The number of aryl methyl sites for hydroxylation is 1. The second-order valence-corrected chi connectivity index (χ2v) is 7.88. The van der Waals surface area contributed by atoms with Crippen LogP contribution >= 0.6 is 0 Å². The van der Waals surface area contributed by atoms with E-state index in [-0.39, 0.29) is 5.91 Å². The highest BCUT2D eigenvalue weighted by molar-refractivity contribution is 5.80. The monoisotopic (exact) mass is 404 g/mol. The van der Waals surface area contributed by atoms with Gasteiger partial charge in [-0.2, -0.15) is 0 Å². The Balaban J connectivity index is 1.44. The average Bonchev–Trinajstić information content (AvgIpc) is 3.20. The van der Waals surface area contributed by atoms with E-state index in [0.29, 0.717) is 6.42 Å². The van der Waals surface area contributed by atoms with Gasteiger partial charge < -0.3 is 4.90 Å². The molecule has 156 valence electrons. The van der Waals surface area contributed by atoms with Crippen LogP contribution in [0.1, 0.15) is 29.2 Å². The molecule has 1 amide bonds. The number of benzene rings is 2. The van der Waals surface area contributed by atoms with Gasteiger partial charge in [-0.15, -0.1) is 5.10 Å². The van der Waals surface area contributed by atoms with Crippen molar-refractivity contribution in [1.29, 1.82) is 0 Å². The molecule has 7 heteroatoms. The molecule has 1 atom stereocenters. The van der Waals surface area contributed by atoms with E-state index in [0.717, 1.165) is 44.7 Å². The molecular weight excluding hydrogens is 376 g/mol. The second kappa shape index (κ2) is 9.63. The van der Waals surface area contributed by atoms with Gasteiger partial charge in [-0.05, 0) is 40.5 Å². The van der Waals surface area contributed by atoms with Gasteiger partial charge in [0.15, 0.2) is 0 Å². The van der Waals surface area contributed by atoms with E-state index in [1.165, 1.54) is 17.5 Å². The highest BCUT2D eigenvalue weighted by Crippen LogP contribution is 2.19. The van der Waals surface area contributed by atoms with E-state index in [2.05, 4.69) is 51.6 Å². The molecule has 0 aliphatic carbocycles. The van der Waals surface area contributed by atoms with Crippen molar-refractivity contribution in [2.45, 2.75) is 32.4 Å². The summed E-state index contributed by atoms with van der Waals surface area (Å²) in [5.41, 5.74) is 3.77. The first kappa shape index (κ1) is 20.2. The van der Waals surface area contributed by atoms with Crippen molar-refractivity contribution in [3.8, 4) is 0 Å². The molecule has 0 bridgehead atoms. The molecule has 30 heavy (non-hydrogen) atoms. The maximum atomic E-state index is 13.5. The lowest BCUT2D eigenvalue weighted by Gasteiger charge is -2.26. The number of hydrogen-bond acceptors (Lipinski definition) is 5. The van der Waals surface area contributed by atoms with Gasteiger partial charge in [0.2, 0.25) is 5.91 Å². The maximum absolute atomic E-state index is 13.5. The largest absolute Gasteiger partial charge is 0.339 e. The van der Waals surface area contributed by atoms with Crippen LogP contribution in [0.2, 0.25) is 0 Å².